The summed E-state index contributed by atoms with van der Waals surface area (Å²) in [6.45, 7) is 1.73. The van der Waals surface area contributed by atoms with Crippen LogP contribution in [0.5, 0.6) is 0 Å². The lowest BCUT2D eigenvalue weighted by atomic mass is 9.99. The van der Waals surface area contributed by atoms with Crippen LogP contribution < -0.4 is 0 Å². The molecule has 0 fully saturated rings. The topological polar surface area (TPSA) is 20.3 Å². The van der Waals surface area contributed by atoms with Crippen LogP contribution in [0.25, 0.3) is 0 Å². The first-order valence-corrected chi connectivity index (χ1v) is 6.44. The van der Waals surface area contributed by atoms with E-state index in [2.05, 4.69) is 18.7 Å². The van der Waals surface area contributed by atoms with Crippen molar-refractivity contribution in [1.29, 1.82) is 0 Å². The SMILES string of the molecule is O=C1c2ccccc2CCN1CCCCS. The van der Waals surface area contributed by atoms with Crippen LogP contribution in [-0.2, 0) is 6.42 Å². The molecule has 1 aliphatic rings. The molecule has 0 bridgehead atoms. The van der Waals surface area contributed by atoms with Crippen LogP contribution in [0.1, 0.15) is 28.8 Å². The molecule has 0 N–H and O–H groups in total. The fourth-order valence-corrected chi connectivity index (χ4v) is 2.33. The van der Waals surface area contributed by atoms with E-state index in [0.29, 0.717) is 0 Å². The van der Waals surface area contributed by atoms with E-state index < -0.39 is 0 Å². The minimum absolute atomic E-state index is 0.195. The third-order valence-electron chi connectivity index (χ3n) is 3.02. The summed E-state index contributed by atoms with van der Waals surface area (Å²) < 4.78 is 0. The Morgan fingerprint density at radius 2 is 2.06 bits per heavy atom. The summed E-state index contributed by atoms with van der Waals surface area (Å²) in [6, 6.07) is 7.93. The molecule has 0 radical (unpaired) electrons. The lowest BCUT2D eigenvalue weighted by Crippen LogP contribution is -2.38. The monoisotopic (exact) mass is 235 g/mol. The van der Waals surface area contributed by atoms with Crippen LogP contribution in [0, 0.1) is 0 Å². The van der Waals surface area contributed by atoms with Crippen molar-refractivity contribution in [3.05, 3.63) is 35.4 Å². The summed E-state index contributed by atoms with van der Waals surface area (Å²) in [5.74, 6) is 1.10. The fourth-order valence-electron chi connectivity index (χ4n) is 2.10. The van der Waals surface area contributed by atoms with Crippen molar-refractivity contribution >= 4 is 18.5 Å². The molecule has 1 heterocycles. The molecule has 1 aliphatic heterocycles. The van der Waals surface area contributed by atoms with Gasteiger partial charge in [0.2, 0.25) is 0 Å². The number of fused-ring (bicyclic) bond motifs is 1. The minimum Gasteiger partial charge on any atom is -0.338 e. The Morgan fingerprint density at radius 1 is 1.25 bits per heavy atom. The van der Waals surface area contributed by atoms with E-state index in [1.165, 1.54) is 5.56 Å². The maximum absolute atomic E-state index is 12.1. The largest absolute Gasteiger partial charge is 0.338 e. The van der Waals surface area contributed by atoms with Gasteiger partial charge in [-0.05, 0) is 36.6 Å². The third kappa shape index (κ3) is 2.40. The Kier molecular flexibility index (Phi) is 3.88. The molecule has 86 valence electrons. The highest BCUT2D eigenvalue weighted by Crippen LogP contribution is 2.18. The van der Waals surface area contributed by atoms with Gasteiger partial charge in [0.05, 0.1) is 0 Å². The zero-order chi connectivity index (χ0) is 11.4. The number of hydrogen-bond acceptors (Lipinski definition) is 2. The third-order valence-corrected chi connectivity index (χ3v) is 3.34. The van der Waals surface area contributed by atoms with Gasteiger partial charge in [-0.2, -0.15) is 12.6 Å². The first-order valence-electron chi connectivity index (χ1n) is 5.81. The molecule has 0 spiro atoms. The van der Waals surface area contributed by atoms with Crippen molar-refractivity contribution in [2.24, 2.45) is 0 Å². The number of nitrogens with zero attached hydrogens (tertiary/aromatic N) is 1. The van der Waals surface area contributed by atoms with Crippen LogP contribution >= 0.6 is 12.6 Å². The van der Waals surface area contributed by atoms with Gasteiger partial charge in [-0.3, -0.25) is 4.79 Å². The Hall–Kier alpha value is -0.960. The van der Waals surface area contributed by atoms with Crippen LogP contribution in [0.2, 0.25) is 0 Å². The van der Waals surface area contributed by atoms with Gasteiger partial charge in [-0.15, -0.1) is 0 Å². The van der Waals surface area contributed by atoms with Gasteiger partial charge >= 0.3 is 0 Å². The quantitative estimate of drug-likeness (QED) is 0.627. The number of hydrogen-bond donors (Lipinski definition) is 1. The maximum atomic E-state index is 12.1. The average molecular weight is 235 g/mol. The number of thiol groups is 1. The molecule has 0 unspecified atom stereocenters. The number of amides is 1. The highest BCUT2D eigenvalue weighted by molar-refractivity contribution is 7.80. The zero-order valence-electron chi connectivity index (χ0n) is 9.35. The average Bonchev–Trinajstić information content (AvgIpc) is 2.33. The summed E-state index contributed by atoms with van der Waals surface area (Å²) in [5.41, 5.74) is 2.08. The summed E-state index contributed by atoms with van der Waals surface area (Å²) >= 11 is 4.18. The number of carbonyl (C=O) groups is 1. The van der Waals surface area contributed by atoms with Crippen molar-refractivity contribution in [1.82, 2.24) is 4.90 Å². The Morgan fingerprint density at radius 3 is 2.88 bits per heavy atom. The molecular weight excluding hydrogens is 218 g/mol. The van der Waals surface area contributed by atoms with Crippen LogP contribution in [0.4, 0.5) is 0 Å². The fraction of sp³-hybridized carbons (Fsp3) is 0.462. The Labute approximate surface area is 102 Å². The van der Waals surface area contributed by atoms with Crippen molar-refractivity contribution in [2.45, 2.75) is 19.3 Å². The van der Waals surface area contributed by atoms with Crippen molar-refractivity contribution in [3.63, 3.8) is 0 Å². The molecule has 3 heteroatoms. The predicted octanol–water partition coefficient (Wildman–Crippen LogP) is 2.39. The number of rotatable bonds is 4. The van der Waals surface area contributed by atoms with Gasteiger partial charge in [-0.1, -0.05) is 18.2 Å². The minimum atomic E-state index is 0.195. The number of benzene rings is 1. The summed E-state index contributed by atoms with van der Waals surface area (Å²) in [7, 11) is 0. The summed E-state index contributed by atoms with van der Waals surface area (Å²) in [5, 5.41) is 0. The van der Waals surface area contributed by atoms with Gasteiger partial charge < -0.3 is 4.90 Å². The molecular formula is C13H17NOS. The Balaban J connectivity index is 2.03. The van der Waals surface area contributed by atoms with Gasteiger partial charge in [0.25, 0.3) is 5.91 Å². The summed E-state index contributed by atoms with van der Waals surface area (Å²) in [6.07, 6.45) is 3.12. The molecule has 0 saturated heterocycles. The van der Waals surface area contributed by atoms with E-state index in [1.54, 1.807) is 0 Å². The van der Waals surface area contributed by atoms with Crippen molar-refractivity contribution < 1.29 is 4.79 Å². The van der Waals surface area contributed by atoms with E-state index in [-0.39, 0.29) is 5.91 Å². The normalized spacial score (nSPS) is 15.1. The summed E-state index contributed by atoms with van der Waals surface area (Å²) in [4.78, 5) is 14.1. The van der Waals surface area contributed by atoms with Crippen molar-refractivity contribution in [2.75, 3.05) is 18.8 Å². The van der Waals surface area contributed by atoms with E-state index in [0.717, 1.165) is 43.7 Å². The predicted molar refractivity (Wildman–Crippen MR) is 69.1 cm³/mol. The smallest absolute Gasteiger partial charge is 0.254 e. The van der Waals surface area contributed by atoms with Crippen LogP contribution in [0.15, 0.2) is 24.3 Å². The molecule has 1 aromatic rings. The number of unbranched alkanes of at least 4 members (excludes halogenated alkanes) is 1. The molecule has 0 atom stereocenters. The van der Waals surface area contributed by atoms with E-state index >= 15 is 0 Å². The second-order valence-corrected chi connectivity index (χ2v) is 4.58. The first-order chi connectivity index (χ1) is 7.83. The van der Waals surface area contributed by atoms with E-state index in [1.807, 2.05) is 23.1 Å². The highest BCUT2D eigenvalue weighted by atomic mass is 32.1. The molecule has 0 aliphatic carbocycles. The van der Waals surface area contributed by atoms with Gasteiger partial charge in [-0.25, -0.2) is 0 Å². The van der Waals surface area contributed by atoms with E-state index in [4.69, 9.17) is 0 Å². The van der Waals surface area contributed by atoms with Crippen LogP contribution in [0.3, 0.4) is 0 Å². The van der Waals surface area contributed by atoms with Crippen LogP contribution in [-0.4, -0.2) is 29.6 Å². The standard InChI is InChI=1S/C13H17NOS/c15-13-12-6-2-1-5-11(12)7-9-14(13)8-3-4-10-16/h1-2,5-6,16H,3-4,7-10H2. The lowest BCUT2D eigenvalue weighted by Gasteiger charge is -2.28. The molecule has 2 nitrogen and oxygen atoms in total. The lowest BCUT2D eigenvalue weighted by molar-refractivity contribution is 0.0737. The van der Waals surface area contributed by atoms with E-state index in [9.17, 15) is 4.79 Å². The first kappa shape index (κ1) is 11.5. The molecule has 1 aromatic carbocycles. The van der Waals surface area contributed by atoms with Gasteiger partial charge in [0.15, 0.2) is 0 Å². The highest BCUT2D eigenvalue weighted by Gasteiger charge is 2.22. The second-order valence-electron chi connectivity index (χ2n) is 4.13. The van der Waals surface area contributed by atoms with Crippen molar-refractivity contribution in [3.8, 4) is 0 Å². The molecule has 2 rings (SSSR count). The zero-order valence-corrected chi connectivity index (χ0v) is 10.2. The molecule has 1 amide bonds. The van der Waals surface area contributed by atoms with Gasteiger partial charge in [0, 0.05) is 18.7 Å². The molecule has 16 heavy (non-hydrogen) atoms. The second kappa shape index (κ2) is 5.39. The molecule has 0 saturated carbocycles. The van der Waals surface area contributed by atoms with Gasteiger partial charge in [0.1, 0.15) is 0 Å². The molecule has 0 aromatic heterocycles. The number of carbonyl (C=O) groups excluding carboxylic acids is 1. The Bertz CT molecular complexity index is 378. The maximum Gasteiger partial charge on any atom is 0.254 e.